The molecule has 1 saturated carbocycles. The second kappa shape index (κ2) is 6.58. The number of ether oxygens (including phenoxy) is 1. The number of methoxy groups -OCH3 is 1. The fourth-order valence-electron chi connectivity index (χ4n) is 3.06. The van der Waals surface area contributed by atoms with Gasteiger partial charge < -0.3 is 4.74 Å². The molecule has 3 N–H and O–H groups in total. The highest BCUT2D eigenvalue weighted by Crippen LogP contribution is 2.38. The first-order valence-corrected chi connectivity index (χ1v) is 6.73. The summed E-state index contributed by atoms with van der Waals surface area (Å²) in [6.45, 7) is 4.52. The van der Waals surface area contributed by atoms with E-state index >= 15 is 0 Å². The number of hydrogen-bond donors (Lipinski definition) is 2. The van der Waals surface area contributed by atoms with Gasteiger partial charge in [0.15, 0.2) is 0 Å². The molecule has 3 heteroatoms. The number of rotatable bonds is 7. The third-order valence-electron chi connectivity index (χ3n) is 4.42. The van der Waals surface area contributed by atoms with Crippen LogP contribution in [0.5, 0.6) is 0 Å². The van der Waals surface area contributed by atoms with Gasteiger partial charge >= 0.3 is 0 Å². The molecule has 0 aromatic carbocycles. The summed E-state index contributed by atoms with van der Waals surface area (Å²) in [6.07, 6.45) is 8.45. The van der Waals surface area contributed by atoms with Crippen molar-refractivity contribution in [3.63, 3.8) is 0 Å². The monoisotopic (exact) mass is 228 g/mol. The Hall–Kier alpha value is -0.120. The van der Waals surface area contributed by atoms with Crippen molar-refractivity contribution in [2.75, 3.05) is 7.11 Å². The van der Waals surface area contributed by atoms with E-state index in [0.717, 1.165) is 25.2 Å². The number of nitrogens with one attached hydrogen (secondary N) is 1. The molecular formula is C13H28N2O. The molecule has 0 spiro atoms. The van der Waals surface area contributed by atoms with E-state index in [2.05, 4.69) is 19.3 Å². The Labute approximate surface area is 100 Å². The lowest BCUT2D eigenvalue weighted by Gasteiger charge is -2.37. The predicted molar refractivity (Wildman–Crippen MR) is 68.0 cm³/mol. The molecule has 0 bridgehead atoms. The summed E-state index contributed by atoms with van der Waals surface area (Å²) in [5.74, 6) is 6.50. The zero-order valence-electron chi connectivity index (χ0n) is 11.1. The topological polar surface area (TPSA) is 47.3 Å². The summed E-state index contributed by atoms with van der Waals surface area (Å²) in [7, 11) is 1.84. The first kappa shape index (κ1) is 13.9. The zero-order chi connectivity index (χ0) is 12.0. The highest BCUT2D eigenvalue weighted by Gasteiger charge is 2.41. The maximum atomic E-state index is 5.80. The molecule has 0 amide bonds. The van der Waals surface area contributed by atoms with E-state index in [1.165, 1.54) is 25.7 Å². The quantitative estimate of drug-likeness (QED) is 0.520. The summed E-state index contributed by atoms with van der Waals surface area (Å²) in [6, 6.07) is 0.310. The van der Waals surface area contributed by atoms with Gasteiger partial charge in [0.25, 0.3) is 0 Å². The molecule has 1 unspecified atom stereocenters. The minimum atomic E-state index is -0.00264. The van der Waals surface area contributed by atoms with Crippen molar-refractivity contribution >= 4 is 0 Å². The Bertz CT molecular complexity index is 186. The van der Waals surface area contributed by atoms with E-state index in [4.69, 9.17) is 10.6 Å². The molecular weight excluding hydrogens is 200 g/mol. The third kappa shape index (κ3) is 2.96. The van der Waals surface area contributed by atoms with E-state index in [0.29, 0.717) is 6.04 Å². The van der Waals surface area contributed by atoms with E-state index in [1.807, 2.05) is 7.11 Å². The van der Waals surface area contributed by atoms with Crippen molar-refractivity contribution in [1.82, 2.24) is 5.43 Å². The summed E-state index contributed by atoms with van der Waals surface area (Å²) >= 11 is 0. The summed E-state index contributed by atoms with van der Waals surface area (Å²) < 4.78 is 5.80. The first-order chi connectivity index (χ1) is 7.72. The Kier molecular flexibility index (Phi) is 5.73. The van der Waals surface area contributed by atoms with Gasteiger partial charge in [0.2, 0.25) is 0 Å². The van der Waals surface area contributed by atoms with Crippen LogP contribution in [-0.4, -0.2) is 18.8 Å². The molecule has 96 valence electrons. The van der Waals surface area contributed by atoms with E-state index in [-0.39, 0.29) is 5.60 Å². The summed E-state index contributed by atoms with van der Waals surface area (Å²) in [4.78, 5) is 0. The van der Waals surface area contributed by atoms with E-state index in [9.17, 15) is 0 Å². The SMILES string of the molecule is CCC(CC)CC(NN)C1(OC)CCCC1. The predicted octanol–water partition coefficient (Wildman–Crippen LogP) is 2.60. The van der Waals surface area contributed by atoms with Gasteiger partial charge in [-0.2, -0.15) is 0 Å². The van der Waals surface area contributed by atoms with Gasteiger partial charge in [-0.25, -0.2) is 0 Å². The normalized spacial score (nSPS) is 21.6. The minimum Gasteiger partial charge on any atom is -0.377 e. The van der Waals surface area contributed by atoms with Crippen LogP contribution in [0.3, 0.4) is 0 Å². The highest BCUT2D eigenvalue weighted by molar-refractivity contribution is 4.96. The van der Waals surface area contributed by atoms with Gasteiger partial charge in [-0.15, -0.1) is 0 Å². The molecule has 1 rings (SSSR count). The van der Waals surface area contributed by atoms with Crippen LogP contribution < -0.4 is 11.3 Å². The smallest absolute Gasteiger partial charge is 0.0844 e. The molecule has 0 aromatic heterocycles. The molecule has 0 saturated heterocycles. The van der Waals surface area contributed by atoms with Crippen molar-refractivity contribution in [2.45, 2.75) is 70.4 Å². The minimum absolute atomic E-state index is 0.00264. The molecule has 1 atom stereocenters. The summed E-state index contributed by atoms with van der Waals surface area (Å²) in [5, 5.41) is 0. The standard InChI is InChI=1S/C13H28N2O/c1-4-11(5-2)10-12(15-14)13(16-3)8-6-7-9-13/h11-12,15H,4-10,14H2,1-3H3. The Morgan fingerprint density at radius 3 is 2.19 bits per heavy atom. The maximum absolute atomic E-state index is 5.80. The average molecular weight is 228 g/mol. The van der Waals surface area contributed by atoms with Crippen LogP contribution >= 0.6 is 0 Å². The van der Waals surface area contributed by atoms with Gasteiger partial charge in [0.1, 0.15) is 0 Å². The molecule has 0 heterocycles. The Morgan fingerprint density at radius 2 is 1.81 bits per heavy atom. The molecule has 16 heavy (non-hydrogen) atoms. The fraction of sp³-hybridized carbons (Fsp3) is 1.00. The van der Waals surface area contributed by atoms with Crippen LogP contribution in [0.1, 0.15) is 58.8 Å². The molecule has 1 fully saturated rings. The van der Waals surface area contributed by atoms with Crippen LogP contribution in [0.15, 0.2) is 0 Å². The first-order valence-electron chi connectivity index (χ1n) is 6.73. The van der Waals surface area contributed by atoms with Gasteiger partial charge in [0.05, 0.1) is 11.6 Å². The molecule has 1 aliphatic carbocycles. The maximum Gasteiger partial charge on any atom is 0.0844 e. The van der Waals surface area contributed by atoms with Gasteiger partial charge in [-0.1, -0.05) is 39.5 Å². The van der Waals surface area contributed by atoms with Crippen molar-refractivity contribution in [1.29, 1.82) is 0 Å². The number of hydrazine groups is 1. The van der Waals surface area contributed by atoms with Crippen LogP contribution in [-0.2, 0) is 4.74 Å². The second-order valence-corrected chi connectivity index (χ2v) is 5.11. The van der Waals surface area contributed by atoms with Crippen molar-refractivity contribution in [3.05, 3.63) is 0 Å². The second-order valence-electron chi connectivity index (χ2n) is 5.11. The molecule has 0 radical (unpaired) electrons. The molecule has 3 nitrogen and oxygen atoms in total. The zero-order valence-corrected chi connectivity index (χ0v) is 11.1. The van der Waals surface area contributed by atoms with Gasteiger partial charge in [-0.05, 0) is 25.2 Å². The lowest BCUT2D eigenvalue weighted by Crippen LogP contribution is -2.53. The highest BCUT2D eigenvalue weighted by atomic mass is 16.5. The average Bonchev–Trinajstić information content (AvgIpc) is 2.80. The van der Waals surface area contributed by atoms with E-state index < -0.39 is 0 Å². The Balaban J connectivity index is 2.63. The number of hydrogen-bond acceptors (Lipinski definition) is 3. The van der Waals surface area contributed by atoms with Crippen LogP contribution in [0.2, 0.25) is 0 Å². The molecule has 1 aliphatic rings. The summed E-state index contributed by atoms with van der Waals surface area (Å²) in [5.41, 5.74) is 3.01. The van der Waals surface area contributed by atoms with Gasteiger partial charge in [-0.3, -0.25) is 11.3 Å². The molecule has 0 aromatic rings. The fourth-order valence-corrected chi connectivity index (χ4v) is 3.06. The van der Waals surface area contributed by atoms with Crippen LogP contribution in [0.25, 0.3) is 0 Å². The third-order valence-corrected chi connectivity index (χ3v) is 4.42. The largest absolute Gasteiger partial charge is 0.377 e. The Morgan fingerprint density at radius 1 is 1.25 bits per heavy atom. The van der Waals surface area contributed by atoms with Crippen molar-refractivity contribution in [3.8, 4) is 0 Å². The lowest BCUT2D eigenvalue weighted by molar-refractivity contribution is -0.0420. The van der Waals surface area contributed by atoms with Crippen LogP contribution in [0, 0.1) is 5.92 Å². The van der Waals surface area contributed by atoms with E-state index in [1.54, 1.807) is 0 Å². The van der Waals surface area contributed by atoms with Crippen molar-refractivity contribution < 1.29 is 4.74 Å². The number of nitrogens with two attached hydrogens (primary N) is 1. The van der Waals surface area contributed by atoms with Gasteiger partial charge in [0, 0.05) is 7.11 Å². The lowest BCUT2D eigenvalue weighted by atomic mass is 9.84. The van der Waals surface area contributed by atoms with Crippen LogP contribution in [0.4, 0.5) is 0 Å². The van der Waals surface area contributed by atoms with Crippen molar-refractivity contribution in [2.24, 2.45) is 11.8 Å². The molecule has 0 aliphatic heterocycles.